The van der Waals surface area contributed by atoms with Gasteiger partial charge in [-0.15, -0.1) is 0 Å². The molecule has 31 heavy (non-hydrogen) atoms. The summed E-state index contributed by atoms with van der Waals surface area (Å²) in [7, 11) is 0. The number of hydrogen-bond donors (Lipinski definition) is 1. The van der Waals surface area contributed by atoms with E-state index >= 15 is 0 Å². The van der Waals surface area contributed by atoms with Crippen LogP contribution in [0.3, 0.4) is 0 Å². The van der Waals surface area contributed by atoms with Crippen molar-refractivity contribution in [3.8, 4) is 0 Å². The van der Waals surface area contributed by atoms with Crippen molar-refractivity contribution >= 4 is 22.6 Å². The van der Waals surface area contributed by atoms with Crippen LogP contribution in [0.4, 0.5) is 5.69 Å². The second-order valence-electron chi connectivity index (χ2n) is 9.32. The number of para-hydroxylation sites is 2. The van der Waals surface area contributed by atoms with E-state index in [1.807, 2.05) is 18.2 Å². The van der Waals surface area contributed by atoms with Gasteiger partial charge in [-0.05, 0) is 69.0 Å². The van der Waals surface area contributed by atoms with Crippen LogP contribution >= 0.6 is 0 Å². The molecule has 0 unspecified atom stereocenters. The maximum Gasteiger partial charge on any atom is 0.228 e. The molecule has 1 fully saturated rings. The summed E-state index contributed by atoms with van der Waals surface area (Å²) in [5.74, 6) is 1.71. The lowest BCUT2D eigenvalue weighted by Crippen LogP contribution is -2.40. The highest BCUT2D eigenvalue weighted by molar-refractivity contribution is 5.92. The van der Waals surface area contributed by atoms with Crippen molar-refractivity contribution in [1.29, 1.82) is 0 Å². The molecule has 0 radical (unpaired) electrons. The Morgan fingerprint density at radius 3 is 2.55 bits per heavy atom. The van der Waals surface area contributed by atoms with Gasteiger partial charge in [-0.25, -0.2) is 4.98 Å². The van der Waals surface area contributed by atoms with Crippen molar-refractivity contribution in [3.05, 3.63) is 59.9 Å². The van der Waals surface area contributed by atoms with Gasteiger partial charge >= 0.3 is 0 Å². The molecule has 0 saturated carbocycles. The molecule has 1 amide bonds. The van der Waals surface area contributed by atoms with E-state index in [9.17, 15) is 4.79 Å². The Kier molecular flexibility index (Phi) is 6.42. The summed E-state index contributed by atoms with van der Waals surface area (Å²) in [6, 6.07) is 16.9. The lowest BCUT2D eigenvalue weighted by atomic mass is 9.96. The van der Waals surface area contributed by atoms with Gasteiger partial charge in [0.05, 0.1) is 23.5 Å². The third kappa shape index (κ3) is 4.82. The third-order valence-corrected chi connectivity index (χ3v) is 6.27. The highest BCUT2D eigenvalue weighted by Gasteiger charge is 2.27. The first kappa shape index (κ1) is 21.6. The minimum atomic E-state index is 0.00963. The Hall–Kier alpha value is -2.66. The predicted molar refractivity (Wildman–Crippen MR) is 127 cm³/mol. The van der Waals surface area contributed by atoms with Gasteiger partial charge in [0.1, 0.15) is 5.82 Å². The molecular formula is C26H34N4O. The molecule has 164 valence electrons. The van der Waals surface area contributed by atoms with E-state index < -0.39 is 0 Å². The summed E-state index contributed by atoms with van der Waals surface area (Å²) in [4.78, 5) is 20.2. The zero-order valence-corrected chi connectivity index (χ0v) is 19.1. The van der Waals surface area contributed by atoms with E-state index in [1.165, 1.54) is 11.1 Å². The van der Waals surface area contributed by atoms with E-state index in [4.69, 9.17) is 4.98 Å². The molecular weight excluding hydrogens is 384 g/mol. The highest BCUT2D eigenvalue weighted by Crippen LogP contribution is 2.25. The fraction of sp³-hybridized carbons (Fsp3) is 0.462. The monoisotopic (exact) mass is 418 g/mol. The fourth-order valence-corrected chi connectivity index (χ4v) is 4.59. The number of carbonyl (C=O) groups is 1. The molecule has 2 aromatic carbocycles. The molecule has 1 atom stereocenters. The van der Waals surface area contributed by atoms with Crippen LogP contribution in [0.25, 0.3) is 11.0 Å². The first-order valence-corrected chi connectivity index (χ1v) is 11.5. The number of rotatable bonds is 6. The van der Waals surface area contributed by atoms with Crippen LogP contribution in [-0.4, -0.2) is 33.4 Å². The summed E-state index contributed by atoms with van der Waals surface area (Å²) in [5, 5.41) is 3.13. The largest absolute Gasteiger partial charge is 0.326 e. The third-order valence-electron chi connectivity index (χ3n) is 6.27. The second kappa shape index (κ2) is 9.23. The minimum Gasteiger partial charge on any atom is -0.326 e. The Balaban J connectivity index is 1.43. The van der Waals surface area contributed by atoms with Gasteiger partial charge in [0.15, 0.2) is 0 Å². The number of benzene rings is 2. The van der Waals surface area contributed by atoms with Gasteiger partial charge in [-0.1, -0.05) is 38.1 Å². The maximum absolute atomic E-state index is 12.9. The standard InChI is InChI=1S/C26H34N4O/c1-18(2)20-11-13-22(14-12-20)27-26(31)21-8-7-15-29(16-21)17-25-28-23-9-5-6-10-24(23)30(25)19(3)4/h5-6,9-14,18-19,21H,7-8,15-17H2,1-4H3,(H,27,31)/t21-/m0/s1. The zero-order chi connectivity index (χ0) is 22.0. The van der Waals surface area contributed by atoms with Crippen molar-refractivity contribution in [2.24, 2.45) is 5.92 Å². The number of aromatic nitrogens is 2. The van der Waals surface area contributed by atoms with Crippen molar-refractivity contribution in [3.63, 3.8) is 0 Å². The van der Waals surface area contributed by atoms with Crippen molar-refractivity contribution < 1.29 is 4.79 Å². The van der Waals surface area contributed by atoms with Gasteiger partial charge in [-0.2, -0.15) is 0 Å². The average Bonchev–Trinajstić information content (AvgIpc) is 3.12. The van der Waals surface area contributed by atoms with E-state index in [0.717, 1.165) is 49.5 Å². The number of nitrogens with one attached hydrogen (secondary N) is 1. The summed E-state index contributed by atoms with van der Waals surface area (Å²) >= 11 is 0. The fourth-order valence-electron chi connectivity index (χ4n) is 4.59. The van der Waals surface area contributed by atoms with Gasteiger partial charge in [0, 0.05) is 18.3 Å². The number of hydrogen-bond acceptors (Lipinski definition) is 3. The molecule has 1 N–H and O–H groups in total. The molecule has 0 aliphatic carbocycles. The van der Waals surface area contributed by atoms with Crippen molar-refractivity contribution in [2.75, 3.05) is 18.4 Å². The Morgan fingerprint density at radius 2 is 1.84 bits per heavy atom. The number of likely N-dealkylation sites (tertiary alicyclic amines) is 1. The van der Waals surface area contributed by atoms with E-state index in [1.54, 1.807) is 0 Å². The van der Waals surface area contributed by atoms with Crippen LogP contribution in [0, 0.1) is 5.92 Å². The van der Waals surface area contributed by atoms with Gasteiger partial charge in [-0.3, -0.25) is 9.69 Å². The average molecular weight is 419 g/mol. The molecule has 5 heteroatoms. The Bertz CT molecular complexity index is 1040. The number of carbonyl (C=O) groups excluding carboxylic acids is 1. The van der Waals surface area contributed by atoms with Crippen LogP contribution < -0.4 is 5.32 Å². The molecule has 5 nitrogen and oxygen atoms in total. The Labute approximate surface area is 185 Å². The van der Waals surface area contributed by atoms with Crippen molar-refractivity contribution in [1.82, 2.24) is 14.5 Å². The number of amides is 1. The smallest absolute Gasteiger partial charge is 0.228 e. The predicted octanol–water partition coefficient (Wildman–Crippen LogP) is 5.59. The van der Waals surface area contributed by atoms with Gasteiger partial charge in [0.2, 0.25) is 5.91 Å². The van der Waals surface area contributed by atoms with Gasteiger partial charge < -0.3 is 9.88 Å². The highest BCUT2D eigenvalue weighted by atomic mass is 16.1. The molecule has 2 heterocycles. The lowest BCUT2D eigenvalue weighted by molar-refractivity contribution is -0.121. The van der Waals surface area contributed by atoms with Crippen LogP contribution in [0.2, 0.25) is 0 Å². The Morgan fingerprint density at radius 1 is 1.10 bits per heavy atom. The molecule has 1 aliphatic heterocycles. The summed E-state index contributed by atoms with van der Waals surface area (Å²) in [5.41, 5.74) is 4.40. The molecule has 1 saturated heterocycles. The number of fused-ring (bicyclic) bond motifs is 1. The molecule has 4 rings (SSSR count). The van der Waals surface area contributed by atoms with Gasteiger partial charge in [0.25, 0.3) is 0 Å². The molecule has 1 aliphatic rings. The van der Waals surface area contributed by atoms with E-state index in [2.05, 4.69) is 72.8 Å². The summed E-state index contributed by atoms with van der Waals surface area (Å²) in [6.45, 7) is 11.3. The van der Waals surface area contributed by atoms with Crippen LogP contribution in [0.5, 0.6) is 0 Å². The summed E-state index contributed by atoms with van der Waals surface area (Å²) in [6.07, 6.45) is 1.97. The number of piperidine rings is 1. The van der Waals surface area contributed by atoms with Crippen LogP contribution in [0.15, 0.2) is 48.5 Å². The molecule has 0 spiro atoms. The second-order valence-corrected chi connectivity index (χ2v) is 9.32. The van der Waals surface area contributed by atoms with Crippen LogP contribution in [-0.2, 0) is 11.3 Å². The maximum atomic E-state index is 12.9. The lowest BCUT2D eigenvalue weighted by Gasteiger charge is -2.32. The van der Waals surface area contributed by atoms with E-state index in [0.29, 0.717) is 12.0 Å². The molecule has 3 aromatic rings. The topological polar surface area (TPSA) is 50.2 Å². The quantitative estimate of drug-likeness (QED) is 0.568. The normalized spacial score (nSPS) is 17.5. The number of nitrogens with zero attached hydrogens (tertiary/aromatic N) is 3. The minimum absolute atomic E-state index is 0.00963. The first-order valence-electron chi connectivity index (χ1n) is 11.5. The molecule has 0 bridgehead atoms. The van der Waals surface area contributed by atoms with E-state index in [-0.39, 0.29) is 11.8 Å². The van der Waals surface area contributed by atoms with Crippen LogP contribution in [0.1, 0.15) is 63.9 Å². The van der Waals surface area contributed by atoms with Crippen molar-refractivity contribution in [2.45, 2.75) is 59.0 Å². The molecule has 1 aromatic heterocycles. The number of anilines is 1. The SMILES string of the molecule is CC(C)c1ccc(NC(=O)[C@H]2CCCN(Cc3nc4ccccc4n3C(C)C)C2)cc1. The first-order chi connectivity index (χ1) is 14.9. The summed E-state index contributed by atoms with van der Waals surface area (Å²) < 4.78 is 2.33. The zero-order valence-electron chi connectivity index (χ0n) is 19.1. The number of imidazole rings is 1.